The van der Waals surface area contributed by atoms with Gasteiger partial charge >= 0.3 is 5.97 Å². The second-order valence-corrected chi connectivity index (χ2v) is 8.22. The lowest BCUT2D eigenvalue weighted by Crippen LogP contribution is -2.43. The molecule has 1 atom stereocenters. The third-order valence-electron chi connectivity index (χ3n) is 3.50. The maximum Gasteiger partial charge on any atom is 0.326 e. The van der Waals surface area contributed by atoms with Crippen LogP contribution in [0, 0.1) is 0 Å². The number of sulfone groups is 1. The van der Waals surface area contributed by atoms with Gasteiger partial charge in [-0.05, 0) is 30.5 Å². The summed E-state index contributed by atoms with van der Waals surface area (Å²) < 4.78 is 25.1. The van der Waals surface area contributed by atoms with Crippen LogP contribution < -0.4 is 0 Å². The number of rotatable bonds is 5. The van der Waals surface area contributed by atoms with Gasteiger partial charge in [-0.15, -0.1) is 0 Å². The minimum absolute atomic E-state index is 0.238. The monoisotopic (exact) mass is 389 g/mol. The summed E-state index contributed by atoms with van der Waals surface area (Å²) in [6, 6.07) is 5.89. The Morgan fingerprint density at radius 3 is 2.50 bits per heavy atom. The Hall–Kier alpha value is -1.41. The van der Waals surface area contributed by atoms with E-state index in [-0.39, 0.29) is 5.75 Å². The number of carboxylic acid groups (broad SMARTS) is 1. The van der Waals surface area contributed by atoms with Gasteiger partial charge in [-0.3, -0.25) is 4.79 Å². The highest BCUT2D eigenvalue weighted by Gasteiger charge is 2.35. The highest BCUT2D eigenvalue weighted by Crippen LogP contribution is 2.19. The Kier molecular flexibility index (Phi) is 5.23. The van der Waals surface area contributed by atoms with Crippen LogP contribution in [0.2, 0.25) is 0 Å². The number of halogens is 1. The summed E-state index contributed by atoms with van der Waals surface area (Å²) in [4.78, 5) is 24.3. The largest absolute Gasteiger partial charge is 0.480 e. The van der Waals surface area contributed by atoms with Crippen LogP contribution >= 0.6 is 15.9 Å². The lowest BCUT2D eigenvalue weighted by Gasteiger charge is -2.21. The molecule has 1 aliphatic heterocycles. The third-order valence-corrected chi connectivity index (χ3v) is 5.49. The van der Waals surface area contributed by atoms with Crippen molar-refractivity contribution < 1.29 is 23.1 Å². The molecule has 0 bridgehead atoms. The van der Waals surface area contributed by atoms with Gasteiger partial charge in [0.25, 0.3) is 0 Å². The smallest absolute Gasteiger partial charge is 0.326 e. The molecule has 8 heteroatoms. The number of aliphatic carboxylic acids is 1. The average molecular weight is 390 g/mol. The number of carbonyl (C=O) groups is 2. The highest BCUT2D eigenvalue weighted by molar-refractivity contribution is 9.10. The number of amides is 1. The highest BCUT2D eigenvalue weighted by atomic mass is 79.9. The molecule has 22 heavy (non-hydrogen) atoms. The van der Waals surface area contributed by atoms with Crippen molar-refractivity contribution in [3.63, 3.8) is 0 Å². The van der Waals surface area contributed by atoms with E-state index in [1.165, 1.54) is 0 Å². The van der Waals surface area contributed by atoms with E-state index in [0.717, 1.165) is 9.37 Å². The van der Waals surface area contributed by atoms with Crippen molar-refractivity contribution >= 4 is 37.6 Å². The van der Waals surface area contributed by atoms with Gasteiger partial charge in [0.1, 0.15) is 11.8 Å². The van der Waals surface area contributed by atoms with E-state index in [1.54, 1.807) is 24.3 Å². The van der Waals surface area contributed by atoms with Crippen LogP contribution in [0.5, 0.6) is 0 Å². The molecule has 1 fully saturated rings. The van der Waals surface area contributed by atoms with Gasteiger partial charge in [0.15, 0.2) is 9.84 Å². The number of likely N-dealkylation sites (tertiary alicyclic amines) is 1. The average Bonchev–Trinajstić information content (AvgIpc) is 2.90. The van der Waals surface area contributed by atoms with Gasteiger partial charge in [-0.1, -0.05) is 28.1 Å². The van der Waals surface area contributed by atoms with Crippen molar-refractivity contribution in [2.45, 2.75) is 24.6 Å². The van der Waals surface area contributed by atoms with E-state index in [4.69, 9.17) is 5.11 Å². The molecule has 1 aromatic carbocycles. The molecule has 0 aliphatic carbocycles. The zero-order chi connectivity index (χ0) is 16.3. The second kappa shape index (κ2) is 6.78. The van der Waals surface area contributed by atoms with Crippen molar-refractivity contribution in [1.29, 1.82) is 0 Å². The molecule has 0 unspecified atom stereocenters. The van der Waals surface area contributed by atoms with Crippen LogP contribution in [-0.2, 0) is 25.2 Å². The number of nitrogens with zero attached hydrogens (tertiary/aromatic N) is 1. The fraction of sp³-hybridized carbons (Fsp3) is 0.429. The van der Waals surface area contributed by atoms with Gasteiger partial charge in [-0.2, -0.15) is 0 Å². The summed E-state index contributed by atoms with van der Waals surface area (Å²) in [5.74, 6) is -2.62. The van der Waals surface area contributed by atoms with Gasteiger partial charge in [0, 0.05) is 11.0 Å². The lowest BCUT2D eigenvalue weighted by atomic mass is 10.2. The Balaban J connectivity index is 2.03. The molecule has 6 nitrogen and oxygen atoms in total. The summed E-state index contributed by atoms with van der Waals surface area (Å²) in [6.07, 6.45) is 0.948. The lowest BCUT2D eigenvalue weighted by molar-refractivity contribution is -0.147. The van der Waals surface area contributed by atoms with Crippen LogP contribution in [0.1, 0.15) is 18.4 Å². The van der Waals surface area contributed by atoms with E-state index in [1.807, 2.05) is 0 Å². The van der Waals surface area contributed by atoms with Crippen LogP contribution in [0.4, 0.5) is 0 Å². The van der Waals surface area contributed by atoms with E-state index in [0.29, 0.717) is 24.9 Å². The van der Waals surface area contributed by atoms with Crippen molar-refractivity contribution in [2.24, 2.45) is 0 Å². The first-order chi connectivity index (χ1) is 10.3. The fourth-order valence-electron chi connectivity index (χ4n) is 2.48. The first kappa shape index (κ1) is 17.0. The molecule has 120 valence electrons. The number of carbonyl (C=O) groups excluding carboxylic acids is 1. The molecule has 0 spiro atoms. The zero-order valence-corrected chi connectivity index (χ0v) is 14.1. The van der Waals surface area contributed by atoms with E-state index >= 15 is 0 Å². The first-order valence-electron chi connectivity index (χ1n) is 6.75. The van der Waals surface area contributed by atoms with Crippen LogP contribution in [0.15, 0.2) is 28.7 Å². The fourth-order valence-corrected chi connectivity index (χ4v) is 4.09. The second-order valence-electron chi connectivity index (χ2n) is 5.24. The predicted octanol–water partition coefficient (Wildman–Crippen LogP) is 1.44. The Labute approximate surface area is 137 Å². The first-order valence-corrected chi connectivity index (χ1v) is 9.37. The standard InChI is InChI=1S/C14H16BrNO5S/c15-11-5-3-10(4-6-11)8-22(20,21)9-13(17)16-7-1-2-12(16)14(18)19/h3-6,12H,1-2,7-9H2,(H,18,19)/t12-/m0/s1. The van der Waals surface area contributed by atoms with E-state index in [2.05, 4.69) is 15.9 Å². The van der Waals surface area contributed by atoms with E-state index < -0.39 is 33.5 Å². The number of carboxylic acids is 1. The van der Waals surface area contributed by atoms with Gasteiger partial charge < -0.3 is 10.0 Å². The maximum atomic E-state index is 12.1. The molecular formula is C14H16BrNO5S. The molecule has 0 aromatic heterocycles. The molecule has 0 saturated carbocycles. The Morgan fingerprint density at radius 1 is 1.27 bits per heavy atom. The molecule has 1 aliphatic rings. The Bertz CT molecular complexity index is 671. The zero-order valence-electron chi connectivity index (χ0n) is 11.7. The van der Waals surface area contributed by atoms with Crippen LogP contribution in [0.25, 0.3) is 0 Å². The summed E-state index contributed by atoms with van der Waals surface area (Å²) in [7, 11) is -3.63. The quantitative estimate of drug-likeness (QED) is 0.822. The van der Waals surface area contributed by atoms with Crippen molar-refractivity contribution in [2.75, 3.05) is 12.3 Å². The summed E-state index contributed by atoms with van der Waals surface area (Å²) in [5.41, 5.74) is 0.590. The summed E-state index contributed by atoms with van der Waals surface area (Å²) in [6.45, 7) is 0.295. The number of benzene rings is 1. The van der Waals surface area contributed by atoms with Crippen molar-refractivity contribution in [1.82, 2.24) is 4.90 Å². The normalized spacial score (nSPS) is 18.4. The maximum absolute atomic E-state index is 12.1. The summed E-state index contributed by atoms with van der Waals surface area (Å²) in [5, 5.41) is 9.04. The molecule has 0 radical (unpaired) electrons. The molecule has 1 N–H and O–H groups in total. The molecule has 2 rings (SSSR count). The van der Waals surface area contributed by atoms with Crippen molar-refractivity contribution in [3.05, 3.63) is 34.3 Å². The molecular weight excluding hydrogens is 374 g/mol. The van der Waals surface area contributed by atoms with Gasteiger partial charge in [0.2, 0.25) is 5.91 Å². The van der Waals surface area contributed by atoms with Crippen LogP contribution in [0.3, 0.4) is 0 Å². The Morgan fingerprint density at radius 2 is 1.91 bits per heavy atom. The topological polar surface area (TPSA) is 91.8 Å². The SMILES string of the molecule is O=C(O)[C@@H]1CCCN1C(=O)CS(=O)(=O)Cc1ccc(Br)cc1. The molecule has 1 heterocycles. The molecule has 1 aromatic rings. The predicted molar refractivity (Wildman–Crippen MR) is 84.0 cm³/mol. The molecule has 1 saturated heterocycles. The van der Waals surface area contributed by atoms with Crippen LogP contribution in [-0.4, -0.2) is 48.6 Å². The van der Waals surface area contributed by atoms with E-state index in [9.17, 15) is 18.0 Å². The van der Waals surface area contributed by atoms with Gasteiger partial charge in [-0.25, -0.2) is 13.2 Å². The molecule has 1 amide bonds. The number of hydrogen-bond donors (Lipinski definition) is 1. The summed E-state index contributed by atoms with van der Waals surface area (Å²) >= 11 is 3.26. The van der Waals surface area contributed by atoms with Gasteiger partial charge in [0.05, 0.1) is 5.75 Å². The minimum Gasteiger partial charge on any atom is -0.480 e. The number of hydrogen-bond acceptors (Lipinski definition) is 4. The minimum atomic E-state index is -3.63. The van der Waals surface area contributed by atoms with Crippen molar-refractivity contribution in [3.8, 4) is 0 Å². The third kappa shape index (κ3) is 4.30.